The molecule has 0 radical (unpaired) electrons. The van der Waals surface area contributed by atoms with E-state index in [1.54, 1.807) is 12.1 Å². The van der Waals surface area contributed by atoms with Crippen molar-refractivity contribution >= 4 is 25.7 Å². The van der Waals surface area contributed by atoms with E-state index in [4.69, 9.17) is 0 Å². The number of piperidine rings is 1. The maximum absolute atomic E-state index is 14.7. The van der Waals surface area contributed by atoms with Gasteiger partial charge < -0.3 is 5.32 Å². The molecular formula is C19H30FN3O4S2. The average Bonchev–Trinajstić information content (AvgIpc) is 2.64. The third kappa shape index (κ3) is 5.48. The number of anilines is 1. The normalized spacial score (nSPS) is 24.4. The molecule has 0 saturated carbocycles. The maximum atomic E-state index is 14.7. The Morgan fingerprint density at radius 1 is 1.21 bits per heavy atom. The van der Waals surface area contributed by atoms with E-state index in [9.17, 15) is 21.2 Å². The van der Waals surface area contributed by atoms with Gasteiger partial charge in [0, 0.05) is 43.0 Å². The summed E-state index contributed by atoms with van der Waals surface area (Å²) in [6, 6.07) is 4.80. The second kappa shape index (κ2) is 8.87. The molecular weight excluding hydrogens is 417 g/mol. The fourth-order valence-electron chi connectivity index (χ4n) is 4.13. The first-order chi connectivity index (χ1) is 13.6. The predicted octanol–water partition coefficient (Wildman–Crippen LogP) is 2.37. The zero-order valence-corrected chi connectivity index (χ0v) is 18.6. The molecule has 7 nitrogen and oxygen atoms in total. The van der Waals surface area contributed by atoms with Gasteiger partial charge in [-0.1, -0.05) is 13.0 Å². The Hall–Kier alpha value is -1.23. The maximum Gasteiger partial charge on any atom is 0.214 e. The summed E-state index contributed by atoms with van der Waals surface area (Å²) in [5.74, 6) is -0.309. The van der Waals surface area contributed by atoms with E-state index >= 15 is 0 Å². The van der Waals surface area contributed by atoms with Crippen LogP contribution in [0.3, 0.4) is 0 Å². The van der Waals surface area contributed by atoms with Gasteiger partial charge in [0.05, 0.1) is 12.0 Å². The molecule has 1 N–H and O–H groups in total. The first kappa shape index (κ1) is 22.5. The first-order valence-electron chi connectivity index (χ1n) is 10.1. The molecule has 2 aliphatic rings. The van der Waals surface area contributed by atoms with Crippen molar-refractivity contribution in [2.75, 3.05) is 30.4 Å². The summed E-state index contributed by atoms with van der Waals surface area (Å²) in [4.78, 5) is 0. The van der Waals surface area contributed by atoms with Crippen molar-refractivity contribution in [3.63, 3.8) is 0 Å². The van der Waals surface area contributed by atoms with Gasteiger partial charge >= 0.3 is 0 Å². The molecule has 1 aromatic rings. The lowest BCUT2D eigenvalue weighted by molar-refractivity contribution is 0.269. The predicted molar refractivity (Wildman–Crippen MR) is 112 cm³/mol. The summed E-state index contributed by atoms with van der Waals surface area (Å²) in [5, 5.41) is 3.27. The zero-order valence-electron chi connectivity index (χ0n) is 17.0. The largest absolute Gasteiger partial charge is 0.382 e. The van der Waals surface area contributed by atoms with Crippen LogP contribution in [-0.2, 0) is 26.6 Å². The summed E-state index contributed by atoms with van der Waals surface area (Å²) < 4.78 is 65.7. The van der Waals surface area contributed by atoms with Gasteiger partial charge in [0.1, 0.15) is 5.82 Å². The van der Waals surface area contributed by atoms with Crippen LogP contribution in [0.25, 0.3) is 0 Å². The number of rotatable bonds is 6. The van der Waals surface area contributed by atoms with E-state index in [1.165, 1.54) is 20.9 Å². The van der Waals surface area contributed by atoms with Crippen molar-refractivity contribution in [3.8, 4) is 0 Å². The topological polar surface area (TPSA) is 86.8 Å². The molecule has 10 heteroatoms. The molecule has 0 aliphatic carbocycles. The molecule has 0 aromatic heterocycles. The van der Waals surface area contributed by atoms with Crippen LogP contribution >= 0.6 is 0 Å². The number of nitrogens with one attached hydrogen (secondary N) is 1. The number of sulfonamides is 2. The van der Waals surface area contributed by atoms with Gasteiger partial charge in [-0.25, -0.2) is 25.5 Å². The Kier molecular flexibility index (Phi) is 6.87. The summed E-state index contributed by atoms with van der Waals surface area (Å²) in [6.45, 7) is 2.90. The lowest BCUT2D eigenvalue weighted by Crippen LogP contribution is -2.44. The summed E-state index contributed by atoms with van der Waals surface area (Å²) in [7, 11) is -6.53. The minimum Gasteiger partial charge on any atom is -0.382 e. The van der Waals surface area contributed by atoms with Crippen molar-refractivity contribution in [2.45, 2.75) is 57.7 Å². The van der Waals surface area contributed by atoms with Crippen molar-refractivity contribution in [3.05, 3.63) is 29.6 Å². The quantitative estimate of drug-likeness (QED) is 0.724. The number of hydrogen-bond donors (Lipinski definition) is 1. The van der Waals surface area contributed by atoms with E-state index in [-0.39, 0.29) is 24.4 Å². The lowest BCUT2D eigenvalue weighted by atomic mass is 10.1. The standard InChI is InChI=1S/C19H30FN3O4S2/c1-3-18-5-4-12-29(26,27)23(18)14-15-6-7-17(13-19(15)20)21-16-8-10-22(11-9-16)28(2,24)25/h6-7,13,16,18,21H,3-5,8-12,14H2,1-2H3. The number of nitrogens with zero attached hydrogens (tertiary/aromatic N) is 2. The Balaban J connectivity index is 1.65. The fraction of sp³-hybridized carbons (Fsp3) is 0.684. The molecule has 29 heavy (non-hydrogen) atoms. The van der Waals surface area contributed by atoms with Gasteiger partial charge in [0.2, 0.25) is 20.0 Å². The molecule has 3 rings (SSSR count). The van der Waals surface area contributed by atoms with Gasteiger partial charge in [-0.05, 0) is 44.2 Å². The van der Waals surface area contributed by atoms with Crippen molar-refractivity contribution in [1.29, 1.82) is 0 Å². The molecule has 1 aromatic carbocycles. The third-order valence-corrected chi connectivity index (χ3v) is 9.10. The molecule has 0 amide bonds. The fourth-order valence-corrected chi connectivity index (χ4v) is 6.81. The molecule has 2 fully saturated rings. The van der Waals surface area contributed by atoms with Gasteiger partial charge in [-0.3, -0.25) is 0 Å². The Morgan fingerprint density at radius 2 is 1.90 bits per heavy atom. The Bertz CT molecular complexity index is 929. The van der Waals surface area contributed by atoms with E-state index in [0.717, 1.165) is 6.42 Å². The molecule has 0 spiro atoms. The molecule has 1 unspecified atom stereocenters. The highest BCUT2D eigenvalue weighted by atomic mass is 32.2. The van der Waals surface area contributed by atoms with Gasteiger partial charge in [-0.2, -0.15) is 4.31 Å². The second-order valence-corrected chi connectivity index (χ2v) is 12.0. The summed E-state index contributed by atoms with van der Waals surface area (Å²) >= 11 is 0. The van der Waals surface area contributed by atoms with E-state index in [1.807, 2.05) is 6.92 Å². The van der Waals surface area contributed by atoms with E-state index in [2.05, 4.69) is 5.32 Å². The van der Waals surface area contributed by atoms with Crippen LogP contribution in [0.1, 0.15) is 44.6 Å². The van der Waals surface area contributed by atoms with E-state index < -0.39 is 25.9 Å². The molecule has 2 heterocycles. The SMILES string of the molecule is CCC1CCCS(=O)(=O)N1Cc1ccc(NC2CCN(S(C)(=O)=O)CC2)cc1F. The van der Waals surface area contributed by atoms with Crippen LogP contribution in [0.15, 0.2) is 18.2 Å². The van der Waals surface area contributed by atoms with Crippen LogP contribution in [0.2, 0.25) is 0 Å². The smallest absolute Gasteiger partial charge is 0.214 e. The number of hydrogen-bond acceptors (Lipinski definition) is 5. The summed E-state index contributed by atoms with van der Waals surface area (Å²) in [5.41, 5.74) is 0.990. The minimum absolute atomic E-state index is 0.0553. The van der Waals surface area contributed by atoms with Crippen LogP contribution in [-0.4, -0.2) is 62.6 Å². The Morgan fingerprint density at radius 3 is 2.48 bits per heavy atom. The zero-order chi connectivity index (χ0) is 21.2. The molecule has 164 valence electrons. The molecule has 0 bridgehead atoms. The van der Waals surface area contributed by atoms with Crippen molar-refractivity contribution in [2.24, 2.45) is 0 Å². The second-order valence-electron chi connectivity index (χ2n) is 7.95. The third-order valence-electron chi connectivity index (χ3n) is 5.85. The van der Waals surface area contributed by atoms with Gasteiger partial charge in [0.15, 0.2) is 0 Å². The van der Waals surface area contributed by atoms with Crippen LogP contribution < -0.4 is 5.32 Å². The summed E-state index contributed by atoms with van der Waals surface area (Å²) in [6.07, 6.45) is 4.69. The van der Waals surface area contributed by atoms with Gasteiger partial charge in [0.25, 0.3) is 0 Å². The van der Waals surface area contributed by atoms with Crippen LogP contribution in [0, 0.1) is 5.82 Å². The highest BCUT2D eigenvalue weighted by molar-refractivity contribution is 7.89. The minimum atomic E-state index is -3.35. The van der Waals surface area contributed by atoms with E-state index in [0.29, 0.717) is 50.0 Å². The Labute approximate surface area is 173 Å². The first-order valence-corrected chi connectivity index (χ1v) is 13.6. The van der Waals surface area contributed by atoms with Crippen molar-refractivity contribution in [1.82, 2.24) is 8.61 Å². The van der Waals surface area contributed by atoms with Crippen LogP contribution in [0.5, 0.6) is 0 Å². The average molecular weight is 448 g/mol. The highest BCUT2D eigenvalue weighted by Crippen LogP contribution is 2.27. The molecule has 1 atom stereocenters. The monoisotopic (exact) mass is 447 g/mol. The highest BCUT2D eigenvalue weighted by Gasteiger charge is 2.33. The number of halogens is 1. The molecule has 2 saturated heterocycles. The lowest BCUT2D eigenvalue weighted by Gasteiger charge is -2.34. The van der Waals surface area contributed by atoms with Gasteiger partial charge in [-0.15, -0.1) is 0 Å². The van der Waals surface area contributed by atoms with Crippen molar-refractivity contribution < 1.29 is 21.2 Å². The van der Waals surface area contributed by atoms with Crippen LogP contribution in [0.4, 0.5) is 10.1 Å². The molecule has 2 aliphatic heterocycles. The number of benzene rings is 1.